The Morgan fingerprint density at radius 1 is 0.875 bits per heavy atom. The highest BCUT2D eigenvalue weighted by molar-refractivity contribution is 7.93. The fourth-order valence-corrected chi connectivity index (χ4v) is 1.46. The molecule has 0 aliphatic carbocycles. The van der Waals surface area contributed by atoms with Crippen LogP contribution in [0, 0.1) is 11.8 Å². The lowest BCUT2D eigenvalue weighted by Crippen LogP contribution is -2.55. The Morgan fingerprint density at radius 2 is 1.19 bits per heavy atom. The maximum atomic E-state index is 5.25. The Bertz CT molecular complexity index is 133. The first-order valence-electron chi connectivity index (χ1n) is 5.79. The van der Waals surface area contributed by atoms with Gasteiger partial charge in [0, 0.05) is 64.9 Å². The Morgan fingerprint density at radius 3 is 1.19 bits per heavy atom. The van der Waals surface area contributed by atoms with Crippen molar-refractivity contribution in [1.29, 1.82) is 0 Å². The van der Waals surface area contributed by atoms with Gasteiger partial charge in [-0.25, -0.2) is 0 Å². The molecular weight excluding hydrogens is 181 g/mol. The molecule has 0 heterocycles. The van der Waals surface area contributed by atoms with Crippen molar-refractivity contribution in [2.75, 3.05) is 0 Å². The van der Waals surface area contributed by atoms with E-state index in [1.165, 1.54) is 13.5 Å². The zero-order valence-electron chi connectivity index (χ0n) is 11.1. The van der Waals surface area contributed by atoms with E-state index in [-0.39, 0.29) is 6.39 Å². The van der Waals surface area contributed by atoms with Crippen molar-refractivity contribution in [2.24, 2.45) is 11.8 Å². The van der Waals surface area contributed by atoms with E-state index in [0.29, 0.717) is 0 Å². The van der Waals surface area contributed by atoms with Crippen molar-refractivity contribution in [3.8, 4) is 0 Å². The van der Waals surface area contributed by atoms with E-state index in [0.717, 1.165) is 11.8 Å². The Labute approximate surface area is 111 Å². The van der Waals surface area contributed by atoms with Gasteiger partial charge < -0.3 is 0 Å². The molecule has 0 atom stereocenters. The van der Waals surface area contributed by atoms with Crippen molar-refractivity contribution < 1.29 is 0 Å². The third-order valence-corrected chi connectivity index (χ3v) is 2.05. The van der Waals surface area contributed by atoms with Crippen LogP contribution in [0.5, 0.6) is 0 Å². The van der Waals surface area contributed by atoms with Crippen LogP contribution < -0.4 is 0 Å². The van der Waals surface area contributed by atoms with Gasteiger partial charge in [-0.2, -0.15) is 0 Å². The van der Waals surface area contributed by atoms with Crippen LogP contribution in [0.4, 0.5) is 0 Å². The zero-order valence-corrected chi connectivity index (χ0v) is 11.1. The van der Waals surface area contributed by atoms with Gasteiger partial charge in [0.1, 0.15) is 0 Å². The smallest absolute Gasteiger partial charge is 0 e. The first-order valence-corrected chi connectivity index (χ1v) is 5.79. The van der Waals surface area contributed by atoms with Crippen LogP contribution >= 0.6 is 0 Å². The molecule has 0 amide bonds. The highest BCUT2D eigenvalue weighted by Gasteiger charge is 2.18. The summed E-state index contributed by atoms with van der Waals surface area (Å²) < 4.78 is 0. The molecular formula is C7H16B9. The molecule has 0 aliphatic rings. The second-order valence-corrected chi connectivity index (χ2v) is 4.95. The summed E-state index contributed by atoms with van der Waals surface area (Å²) in [6.07, 6.45) is -0.102. The summed E-state index contributed by atoms with van der Waals surface area (Å²) in [6.45, 7) is 9.06. The molecule has 0 N–H and O–H groups in total. The van der Waals surface area contributed by atoms with Crippen LogP contribution in [0.1, 0.15) is 34.1 Å². The molecule has 71 valence electrons. The molecule has 0 aromatic rings. The first-order chi connectivity index (χ1) is 7.22. The summed E-state index contributed by atoms with van der Waals surface area (Å²) in [6, 6.07) is 0. The molecule has 0 bridgehead atoms. The third-order valence-electron chi connectivity index (χ3n) is 2.05. The Kier molecular flexibility index (Phi) is 12.7. The summed E-state index contributed by atoms with van der Waals surface area (Å²) in [7, 11) is 27.5. The van der Waals surface area contributed by atoms with Gasteiger partial charge >= 0.3 is 0 Å². The molecule has 0 rings (SSSR count). The lowest BCUT2D eigenvalue weighted by molar-refractivity contribution is 0.469. The molecule has 0 nitrogen and oxygen atoms in total. The van der Waals surface area contributed by atoms with E-state index in [1.807, 2.05) is 0 Å². The Hall–Kier alpha value is 0.584. The highest BCUT2D eigenvalue weighted by atomic mass is 14.0. The molecule has 0 aromatic carbocycles. The van der Waals surface area contributed by atoms with E-state index >= 15 is 0 Å². The lowest BCUT2D eigenvalue weighted by Gasteiger charge is -2.17. The minimum Gasteiger partial charge on any atom is -0.0628 e. The zero-order chi connectivity index (χ0) is 13.3. The molecule has 0 aromatic heterocycles. The molecule has 16 heavy (non-hydrogen) atoms. The number of rotatable bonds is 5. The van der Waals surface area contributed by atoms with Crippen LogP contribution in [-0.4, -0.2) is 64.9 Å². The normalized spacial score (nSPS) is 9.38. The summed E-state index contributed by atoms with van der Waals surface area (Å²) in [4.78, 5) is 0. The summed E-state index contributed by atoms with van der Waals surface area (Å²) in [5, 5.41) is 0. The third kappa shape index (κ3) is 12.7. The van der Waals surface area contributed by atoms with E-state index < -0.39 is 12.8 Å². The monoisotopic (exact) mass is 199 g/mol. The van der Waals surface area contributed by atoms with Crippen LogP contribution in [0.15, 0.2) is 0 Å². The fraction of sp³-hybridized carbons (Fsp3) is 1.00. The minimum absolute atomic E-state index is 0.315. The molecule has 11 radical (unpaired) electrons. The molecule has 0 saturated carbocycles. The molecule has 0 saturated heterocycles. The van der Waals surface area contributed by atoms with Crippen LogP contribution in [0.3, 0.4) is 0 Å². The van der Waals surface area contributed by atoms with Crippen molar-refractivity contribution in [3.05, 3.63) is 0 Å². The maximum Gasteiger partial charge on any atom is 0 e. The van der Waals surface area contributed by atoms with Gasteiger partial charge in [0.25, 0.3) is 0 Å². The lowest BCUT2D eigenvalue weighted by atomic mass is 8.64. The van der Waals surface area contributed by atoms with E-state index in [4.69, 9.17) is 38.7 Å². The van der Waals surface area contributed by atoms with Crippen molar-refractivity contribution >= 4 is 64.9 Å². The van der Waals surface area contributed by atoms with E-state index in [9.17, 15) is 0 Å². The van der Waals surface area contributed by atoms with Gasteiger partial charge in [-0.1, -0.05) is 27.7 Å². The summed E-state index contributed by atoms with van der Waals surface area (Å²) in [5.74, 6) is 1.75. The van der Waals surface area contributed by atoms with Gasteiger partial charge in [-0.3, -0.25) is 0 Å². The van der Waals surface area contributed by atoms with E-state index in [1.54, 1.807) is 0 Å². The predicted octanol–water partition coefficient (Wildman–Crippen LogP) is -0.739. The number of hydrogen-bond acceptors (Lipinski definition) is 0. The fourth-order valence-electron chi connectivity index (χ4n) is 1.46. The van der Waals surface area contributed by atoms with Crippen LogP contribution in [0.25, 0.3) is 0 Å². The van der Waals surface area contributed by atoms with E-state index in [2.05, 4.69) is 27.7 Å². The quantitative estimate of drug-likeness (QED) is 0.510. The van der Waals surface area contributed by atoms with Gasteiger partial charge in [-0.15, -0.1) is 0 Å². The standard InChI is InChI=1S/C7H16.B9/c1-6(2)5-7(3)4;1-6-9(7(2)3)8(4)5/h6-7H,5H2,1-4H3;. The first kappa shape index (κ1) is 18.9. The predicted molar refractivity (Wildman–Crippen MR) is 86.1 cm³/mol. The minimum atomic E-state index is -0.574. The largest absolute Gasteiger partial charge is 0.0628 e. The van der Waals surface area contributed by atoms with Crippen molar-refractivity contribution in [3.63, 3.8) is 0 Å². The highest BCUT2D eigenvalue weighted by Crippen LogP contribution is 2.08. The van der Waals surface area contributed by atoms with Crippen molar-refractivity contribution in [2.45, 2.75) is 34.1 Å². The summed E-state index contributed by atoms with van der Waals surface area (Å²) in [5.41, 5.74) is 0. The number of hydrogen-bond donors (Lipinski definition) is 0. The van der Waals surface area contributed by atoms with Gasteiger partial charge in [0.2, 0.25) is 0 Å². The Balaban J connectivity index is 0. The topological polar surface area (TPSA) is 0 Å². The average Bonchev–Trinajstić information content (AvgIpc) is 2.01. The van der Waals surface area contributed by atoms with Gasteiger partial charge in [-0.05, 0) is 18.3 Å². The van der Waals surface area contributed by atoms with Gasteiger partial charge in [0.15, 0.2) is 0 Å². The second kappa shape index (κ2) is 10.7. The maximum absolute atomic E-state index is 5.25. The van der Waals surface area contributed by atoms with Crippen molar-refractivity contribution in [1.82, 2.24) is 0 Å². The second-order valence-electron chi connectivity index (χ2n) is 4.95. The van der Waals surface area contributed by atoms with Crippen LogP contribution in [-0.2, 0) is 0 Å². The molecule has 0 fully saturated rings. The molecule has 0 aliphatic heterocycles. The average molecular weight is 198 g/mol. The van der Waals surface area contributed by atoms with Gasteiger partial charge in [0.05, 0.1) is 0 Å². The molecule has 0 spiro atoms. The molecule has 0 unspecified atom stereocenters. The molecule has 9 heteroatoms. The van der Waals surface area contributed by atoms with Crippen LogP contribution in [0.2, 0.25) is 0 Å². The SMILES string of the molecule is CC(C)CC(C)C.[B][B]B(B([B])[B])B([B])[B]. The summed E-state index contributed by atoms with van der Waals surface area (Å²) >= 11 is 0.